The third-order valence-corrected chi connectivity index (χ3v) is 5.22. The molecule has 0 spiro atoms. The molecule has 3 heterocycles. The standard InChI is InChI=1S/C17H18N4O2S/c1-12-2-4-13(5-3-12)10-21-11-18-15-14(16(21)22)24-17(19-15)20-6-8-23-9-7-20/h2-5,11H,6-10H2,1H3. The van der Waals surface area contributed by atoms with Gasteiger partial charge < -0.3 is 9.64 Å². The van der Waals surface area contributed by atoms with Crippen molar-refractivity contribution in [3.05, 3.63) is 52.1 Å². The van der Waals surface area contributed by atoms with Crippen molar-refractivity contribution in [1.29, 1.82) is 0 Å². The molecule has 0 bridgehead atoms. The predicted octanol–water partition coefficient (Wildman–Crippen LogP) is 2.05. The minimum atomic E-state index is -0.0300. The zero-order valence-electron chi connectivity index (χ0n) is 13.4. The molecule has 124 valence electrons. The van der Waals surface area contributed by atoms with Crippen molar-refractivity contribution in [3.8, 4) is 0 Å². The SMILES string of the molecule is Cc1ccc(Cn2cnc3nc(N4CCOCC4)sc3c2=O)cc1. The number of benzene rings is 1. The van der Waals surface area contributed by atoms with Gasteiger partial charge in [-0.05, 0) is 12.5 Å². The molecule has 4 rings (SSSR count). The van der Waals surface area contributed by atoms with Gasteiger partial charge >= 0.3 is 0 Å². The summed E-state index contributed by atoms with van der Waals surface area (Å²) in [5.74, 6) is 0. The molecule has 1 aliphatic heterocycles. The molecule has 6 nitrogen and oxygen atoms in total. The summed E-state index contributed by atoms with van der Waals surface area (Å²) < 4.78 is 7.63. The van der Waals surface area contributed by atoms with Gasteiger partial charge in [-0.2, -0.15) is 4.98 Å². The first-order chi connectivity index (χ1) is 11.7. The van der Waals surface area contributed by atoms with Gasteiger partial charge in [0, 0.05) is 13.1 Å². The van der Waals surface area contributed by atoms with E-state index in [1.165, 1.54) is 16.9 Å². The van der Waals surface area contributed by atoms with Crippen molar-refractivity contribution in [1.82, 2.24) is 14.5 Å². The smallest absolute Gasteiger partial charge is 0.273 e. The molecule has 0 aliphatic carbocycles. The third-order valence-electron chi connectivity index (χ3n) is 4.13. The quantitative estimate of drug-likeness (QED) is 0.729. The van der Waals surface area contributed by atoms with Gasteiger partial charge in [-0.15, -0.1) is 0 Å². The molecule has 0 radical (unpaired) electrons. The Bertz CT molecular complexity index is 910. The fourth-order valence-electron chi connectivity index (χ4n) is 2.73. The highest BCUT2D eigenvalue weighted by Crippen LogP contribution is 2.25. The summed E-state index contributed by atoms with van der Waals surface area (Å²) in [6.07, 6.45) is 1.59. The number of anilines is 1. The normalized spacial score (nSPS) is 15.1. The molecule has 3 aromatic rings. The van der Waals surface area contributed by atoms with Crippen molar-refractivity contribution in [2.75, 3.05) is 31.2 Å². The molecule has 0 N–H and O–H groups in total. The average Bonchev–Trinajstić information content (AvgIpc) is 3.05. The maximum absolute atomic E-state index is 12.7. The number of nitrogens with zero attached hydrogens (tertiary/aromatic N) is 4. The second-order valence-corrected chi connectivity index (χ2v) is 6.89. The predicted molar refractivity (Wildman–Crippen MR) is 95.0 cm³/mol. The van der Waals surface area contributed by atoms with Crippen LogP contribution in [-0.2, 0) is 11.3 Å². The van der Waals surface area contributed by atoms with Crippen LogP contribution >= 0.6 is 11.3 Å². The lowest BCUT2D eigenvalue weighted by Crippen LogP contribution is -2.36. The van der Waals surface area contributed by atoms with Crippen LogP contribution in [0.1, 0.15) is 11.1 Å². The Hall–Kier alpha value is -2.25. The largest absolute Gasteiger partial charge is 0.378 e. The third kappa shape index (κ3) is 2.92. The summed E-state index contributed by atoms with van der Waals surface area (Å²) in [6.45, 7) is 5.57. The summed E-state index contributed by atoms with van der Waals surface area (Å²) >= 11 is 1.42. The van der Waals surface area contributed by atoms with E-state index in [9.17, 15) is 4.79 Å². The second kappa shape index (κ2) is 6.33. The summed E-state index contributed by atoms with van der Waals surface area (Å²) in [6, 6.07) is 8.18. The van der Waals surface area contributed by atoms with Gasteiger partial charge in [-0.1, -0.05) is 41.2 Å². The van der Waals surface area contributed by atoms with Crippen molar-refractivity contribution < 1.29 is 4.74 Å². The Kier molecular flexibility index (Phi) is 4.03. The van der Waals surface area contributed by atoms with Crippen molar-refractivity contribution in [2.24, 2.45) is 0 Å². The minimum absolute atomic E-state index is 0.0300. The Morgan fingerprint density at radius 1 is 1.21 bits per heavy atom. The highest BCUT2D eigenvalue weighted by Gasteiger charge is 2.18. The monoisotopic (exact) mass is 342 g/mol. The summed E-state index contributed by atoms with van der Waals surface area (Å²) in [7, 11) is 0. The molecule has 7 heteroatoms. The number of morpholine rings is 1. The number of aryl methyl sites for hydroxylation is 1. The van der Waals surface area contributed by atoms with Gasteiger partial charge in [0.15, 0.2) is 10.8 Å². The Balaban J connectivity index is 1.66. The zero-order chi connectivity index (χ0) is 16.5. The fraction of sp³-hybridized carbons (Fsp3) is 0.353. The lowest BCUT2D eigenvalue weighted by Gasteiger charge is -2.25. The molecule has 1 saturated heterocycles. The van der Waals surface area contributed by atoms with Gasteiger partial charge in [-0.25, -0.2) is 4.98 Å². The van der Waals surface area contributed by atoms with E-state index < -0.39 is 0 Å². The summed E-state index contributed by atoms with van der Waals surface area (Å²) in [4.78, 5) is 23.8. The number of thiazole rings is 1. The molecule has 1 aromatic carbocycles. The highest BCUT2D eigenvalue weighted by atomic mass is 32.1. The van der Waals surface area contributed by atoms with Crippen LogP contribution in [0.4, 0.5) is 5.13 Å². The van der Waals surface area contributed by atoms with Crippen LogP contribution in [0.25, 0.3) is 10.3 Å². The number of aromatic nitrogens is 3. The van der Waals surface area contributed by atoms with Crippen LogP contribution in [0.2, 0.25) is 0 Å². The van der Waals surface area contributed by atoms with Crippen LogP contribution in [0.5, 0.6) is 0 Å². The average molecular weight is 342 g/mol. The van der Waals surface area contributed by atoms with Crippen LogP contribution in [0.3, 0.4) is 0 Å². The van der Waals surface area contributed by atoms with E-state index in [-0.39, 0.29) is 5.56 Å². The number of fused-ring (bicyclic) bond motifs is 1. The summed E-state index contributed by atoms with van der Waals surface area (Å²) in [5.41, 5.74) is 2.79. The van der Waals surface area contributed by atoms with Crippen LogP contribution in [0.15, 0.2) is 35.4 Å². The van der Waals surface area contributed by atoms with Crippen molar-refractivity contribution in [2.45, 2.75) is 13.5 Å². The summed E-state index contributed by atoms with van der Waals surface area (Å²) in [5, 5.41) is 0.853. The number of ether oxygens (including phenoxy) is 1. The molecule has 0 amide bonds. The van der Waals surface area contributed by atoms with Crippen molar-refractivity contribution >= 4 is 26.8 Å². The van der Waals surface area contributed by atoms with Gasteiger partial charge in [-0.3, -0.25) is 9.36 Å². The molecular weight excluding hydrogens is 324 g/mol. The van der Waals surface area contributed by atoms with Crippen LogP contribution < -0.4 is 10.5 Å². The molecule has 2 aromatic heterocycles. The van der Waals surface area contributed by atoms with E-state index in [0.29, 0.717) is 30.1 Å². The fourth-order valence-corrected chi connectivity index (χ4v) is 3.75. The second-order valence-electron chi connectivity index (χ2n) is 5.91. The maximum Gasteiger partial charge on any atom is 0.273 e. The van der Waals surface area contributed by atoms with E-state index in [4.69, 9.17) is 4.74 Å². The Labute approximate surface area is 143 Å². The van der Waals surface area contributed by atoms with E-state index in [1.807, 2.05) is 19.1 Å². The molecular formula is C17H18N4O2S. The van der Waals surface area contributed by atoms with Crippen molar-refractivity contribution in [3.63, 3.8) is 0 Å². The number of hydrogen-bond acceptors (Lipinski definition) is 6. The Morgan fingerprint density at radius 2 is 1.96 bits per heavy atom. The van der Waals surface area contributed by atoms with Gasteiger partial charge in [0.2, 0.25) is 0 Å². The lowest BCUT2D eigenvalue weighted by atomic mass is 10.1. The van der Waals surface area contributed by atoms with E-state index >= 15 is 0 Å². The number of hydrogen-bond donors (Lipinski definition) is 0. The highest BCUT2D eigenvalue weighted by molar-refractivity contribution is 7.22. The van der Waals surface area contributed by atoms with Gasteiger partial charge in [0.05, 0.1) is 19.8 Å². The molecule has 0 atom stereocenters. The number of rotatable bonds is 3. The molecule has 0 saturated carbocycles. The minimum Gasteiger partial charge on any atom is -0.378 e. The van der Waals surface area contributed by atoms with Crippen LogP contribution in [0, 0.1) is 6.92 Å². The van der Waals surface area contributed by atoms with Gasteiger partial charge in [0.1, 0.15) is 11.0 Å². The van der Waals surface area contributed by atoms with E-state index in [2.05, 4.69) is 27.0 Å². The Morgan fingerprint density at radius 3 is 2.71 bits per heavy atom. The van der Waals surface area contributed by atoms with Crippen LogP contribution in [-0.4, -0.2) is 40.8 Å². The maximum atomic E-state index is 12.7. The molecule has 1 fully saturated rings. The first-order valence-electron chi connectivity index (χ1n) is 7.95. The van der Waals surface area contributed by atoms with E-state index in [1.54, 1.807) is 10.9 Å². The first kappa shape index (κ1) is 15.3. The molecule has 0 unspecified atom stereocenters. The first-order valence-corrected chi connectivity index (χ1v) is 8.76. The molecule has 24 heavy (non-hydrogen) atoms. The van der Waals surface area contributed by atoms with Gasteiger partial charge in [0.25, 0.3) is 5.56 Å². The zero-order valence-corrected chi connectivity index (χ0v) is 14.3. The topological polar surface area (TPSA) is 60.3 Å². The van der Waals surface area contributed by atoms with E-state index in [0.717, 1.165) is 23.8 Å². The lowest BCUT2D eigenvalue weighted by molar-refractivity contribution is 0.122. The molecule has 1 aliphatic rings.